The number of amides is 2. The number of carbonyl (C=O) groups excluding carboxylic acids is 3. The van der Waals surface area contributed by atoms with Crippen LogP contribution in [0.1, 0.15) is 47.5 Å². The Bertz CT molecular complexity index is 330. The van der Waals surface area contributed by atoms with E-state index < -0.39 is 12.5 Å². The second-order valence-electron chi connectivity index (χ2n) is 4.17. The summed E-state index contributed by atoms with van der Waals surface area (Å²) in [6.07, 6.45) is 0.906. The molecule has 0 heterocycles. The molecular weight excluding hydrogens is 379 g/mol. The fourth-order valence-corrected chi connectivity index (χ4v) is 1.26. The minimum atomic E-state index is -0.565. The second kappa shape index (κ2) is 28.9. The molecule has 0 spiro atoms. The molecule has 0 aliphatic rings. The smallest absolute Gasteiger partial charge is 0.246 e. The summed E-state index contributed by atoms with van der Waals surface area (Å²) in [5.41, 5.74) is 0. The van der Waals surface area contributed by atoms with Crippen molar-refractivity contribution in [1.29, 1.82) is 0 Å². The predicted octanol–water partition coefficient (Wildman–Crippen LogP) is 0.663. The third-order valence-corrected chi connectivity index (χ3v) is 2.43. The molecule has 155 valence electrons. The van der Waals surface area contributed by atoms with Gasteiger partial charge in [0.05, 0.1) is 19.8 Å². The number of carbonyl (C=O) groups is 3. The van der Waals surface area contributed by atoms with Gasteiger partial charge in [0.15, 0.2) is 0 Å². The molecule has 0 aromatic rings. The third kappa shape index (κ3) is 27.9. The Labute approximate surface area is 169 Å². The number of ketones is 1. The van der Waals surface area contributed by atoms with Crippen LogP contribution in [0.5, 0.6) is 0 Å². The van der Waals surface area contributed by atoms with E-state index in [4.69, 9.17) is 14.6 Å². The fraction of sp³-hybridized carbons (Fsp3) is 0.824. The molecule has 0 bridgehead atoms. The van der Waals surface area contributed by atoms with Crippen LogP contribution >= 0.6 is 0 Å². The van der Waals surface area contributed by atoms with E-state index in [-0.39, 0.29) is 50.0 Å². The predicted molar refractivity (Wildman–Crippen MR) is 97.4 cm³/mol. The molecule has 26 heavy (non-hydrogen) atoms. The van der Waals surface area contributed by atoms with E-state index in [9.17, 15) is 14.4 Å². The molecule has 8 nitrogen and oxygen atoms in total. The van der Waals surface area contributed by atoms with E-state index in [1.807, 2.05) is 27.7 Å². The number of nitrogens with one attached hydrogen (secondary N) is 2. The summed E-state index contributed by atoms with van der Waals surface area (Å²) in [6, 6.07) is 0. The van der Waals surface area contributed by atoms with Crippen LogP contribution in [0.25, 0.3) is 0 Å². The van der Waals surface area contributed by atoms with E-state index in [1.54, 1.807) is 6.92 Å². The van der Waals surface area contributed by atoms with Gasteiger partial charge in [0.25, 0.3) is 0 Å². The van der Waals surface area contributed by atoms with E-state index in [0.717, 1.165) is 0 Å². The largest absolute Gasteiger partial charge is 0.387 e. The Morgan fingerprint density at radius 3 is 1.85 bits per heavy atom. The molecule has 1 radical (unpaired) electrons. The van der Waals surface area contributed by atoms with Gasteiger partial charge >= 0.3 is 0 Å². The normalized spacial score (nSPS) is 8.69. The van der Waals surface area contributed by atoms with Gasteiger partial charge in [-0.2, -0.15) is 0 Å². The average Bonchev–Trinajstić information content (AvgIpc) is 2.66. The SMILES string of the molecule is CC.CC.CCC(=O)CCOCCNC(=O)COCCNC(=O)CO.[V]. The van der Waals surface area contributed by atoms with Gasteiger partial charge in [0, 0.05) is 44.5 Å². The fourth-order valence-electron chi connectivity index (χ4n) is 1.26. The summed E-state index contributed by atoms with van der Waals surface area (Å²) in [6.45, 7) is 10.6. The standard InChI is InChI=1S/C13H24N2O6.2C2H6.V/c1-2-11(17)3-6-20-7-4-15-13(19)10-21-8-5-14-12(18)9-16;2*1-2;/h16H,2-10H2,1H3,(H,14,18)(H,15,19);2*1-2H3;. The van der Waals surface area contributed by atoms with E-state index in [0.29, 0.717) is 32.6 Å². The number of aliphatic hydroxyl groups is 1. The van der Waals surface area contributed by atoms with Crippen molar-refractivity contribution in [3.63, 3.8) is 0 Å². The van der Waals surface area contributed by atoms with Crippen LogP contribution in [-0.2, 0) is 42.4 Å². The van der Waals surface area contributed by atoms with Crippen LogP contribution in [0.3, 0.4) is 0 Å². The van der Waals surface area contributed by atoms with Crippen molar-refractivity contribution < 1.29 is 47.5 Å². The summed E-state index contributed by atoms with van der Waals surface area (Å²) < 4.78 is 10.2. The quantitative estimate of drug-likeness (QED) is 0.381. The Hall–Kier alpha value is -0.926. The zero-order valence-corrected chi connectivity index (χ0v) is 18.2. The maximum Gasteiger partial charge on any atom is 0.246 e. The summed E-state index contributed by atoms with van der Waals surface area (Å²) in [5.74, 6) is -0.612. The van der Waals surface area contributed by atoms with E-state index >= 15 is 0 Å². The van der Waals surface area contributed by atoms with Crippen LogP contribution in [0, 0.1) is 0 Å². The monoisotopic (exact) mass is 415 g/mol. The Balaban J connectivity index is -0.000000449. The molecule has 0 fully saturated rings. The topological polar surface area (TPSA) is 114 Å². The van der Waals surface area contributed by atoms with Crippen LogP contribution in [-0.4, -0.2) is 68.8 Å². The van der Waals surface area contributed by atoms with Gasteiger partial charge in [-0.25, -0.2) is 0 Å². The van der Waals surface area contributed by atoms with Crippen LogP contribution < -0.4 is 10.6 Å². The third-order valence-electron chi connectivity index (χ3n) is 2.43. The zero-order valence-electron chi connectivity index (χ0n) is 16.8. The first-order chi connectivity index (χ1) is 12.1. The van der Waals surface area contributed by atoms with Crippen molar-refractivity contribution >= 4 is 17.6 Å². The Kier molecular flexibility index (Phi) is 36.3. The van der Waals surface area contributed by atoms with Gasteiger partial charge in [0.1, 0.15) is 19.0 Å². The first-order valence-corrected chi connectivity index (χ1v) is 8.91. The van der Waals surface area contributed by atoms with Gasteiger partial charge in [-0.05, 0) is 0 Å². The van der Waals surface area contributed by atoms with Crippen molar-refractivity contribution in [2.75, 3.05) is 46.1 Å². The maximum absolute atomic E-state index is 11.3. The number of hydrogen-bond donors (Lipinski definition) is 3. The molecule has 0 aliphatic carbocycles. The zero-order chi connectivity index (χ0) is 19.9. The molecule has 0 aromatic heterocycles. The average molecular weight is 415 g/mol. The molecular formula is C17H36N2O6V. The van der Waals surface area contributed by atoms with Crippen molar-refractivity contribution in [2.45, 2.75) is 47.5 Å². The molecule has 0 aromatic carbocycles. The van der Waals surface area contributed by atoms with E-state index in [1.165, 1.54) is 0 Å². The number of hydrogen-bond acceptors (Lipinski definition) is 6. The summed E-state index contributed by atoms with van der Waals surface area (Å²) in [7, 11) is 0. The van der Waals surface area contributed by atoms with E-state index in [2.05, 4.69) is 10.6 Å². The summed E-state index contributed by atoms with van der Waals surface area (Å²) >= 11 is 0. The molecule has 0 saturated heterocycles. The molecule has 3 N–H and O–H groups in total. The van der Waals surface area contributed by atoms with Crippen molar-refractivity contribution in [3.05, 3.63) is 0 Å². The van der Waals surface area contributed by atoms with Crippen molar-refractivity contribution in [3.8, 4) is 0 Å². The number of rotatable bonds is 13. The molecule has 0 atom stereocenters. The Morgan fingerprint density at radius 2 is 1.35 bits per heavy atom. The minimum absolute atomic E-state index is 0. The van der Waals surface area contributed by atoms with Crippen LogP contribution in [0.15, 0.2) is 0 Å². The maximum atomic E-state index is 11.3. The van der Waals surface area contributed by atoms with Crippen LogP contribution in [0.4, 0.5) is 0 Å². The number of Topliss-reactive ketones (excluding diaryl/α,β-unsaturated/α-hetero) is 1. The molecule has 2 amide bonds. The van der Waals surface area contributed by atoms with Gasteiger partial charge in [0.2, 0.25) is 11.8 Å². The molecule has 0 aliphatic heterocycles. The number of ether oxygens (including phenoxy) is 2. The van der Waals surface area contributed by atoms with Crippen molar-refractivity contribution in [2.24, 2.45) is 0 Å². The van der Waals surface area contributed by atoms with Gasteiger partial charge in [-0.15, -0.1) is 0 Å². The van der Waals surface area contributed by atoms with Gasteiger partial charge in [-0.1, -0.05) is 34.6 Å². The van der Waals surface area contributed by atoms with Crippen LogP contribution in [0.2, 0.25) is 0 Å². The first kappa shape index (κ1) is 32.7. The van der Waals surface area contributed by atoms with Gasteiger partial charge < -0.3 is 25.2 Å². The van der Waals surface area contributed by atoms with Gasteiger partial charge in [-0.3, -0.25) is 14.4 Å². The number of aliphatic hydroxyl groups excluding tert-OH is 1. The molecule has 9 heteroatoms. The first-order valence-electron chi connectivity index (χ1n) is 8.91. The summed E-state index contributed by atoms with van der Waals surface area (Å²) in [4.78, 5) is 33.0. The minimum Gasteiger partial charge on any atom is -0.387 e. The van der Waals surface area contributed by atoms with Crippen molar-refractivity contribution in [1.82, 2.24) is 10.6 Å². The Morgan fingerprint density at radius 1 is 0.846 bits per heavy atom. The second-order valence-corrected chi connectivity index (χ2v) is 4.17. The molecule has 0 unspecified atom stereocenters. The summed E-state index contributed by atoms with van der Waals surface area (Å²) in [5, 5.41) is 13.4. The molecule has 0 saturated carbocycles. The molecule has 0 rings (SSSR count).